The average Bonchev–Trinajstić information content (AvgIpc) is 3.61. The molecule has 0 aliphatic carbocycles. The van der Waals surface area contributed by atoms with E-state index in [1.54, 1.807) is 0 Å². The van der Waals surface area contributed by atoms with E-state index >= 15 is 0 Å². The van der Waals surface area contributed by atoms with Crippen LogP contribution in [-0.4, -0.2) is 32.2 Å². The summed E-state index contributed by atoms with van der Waals surface area (Å²) in [4.78, 5) is 9.72. The lowest BCUT2D eigenvalue weighted by Gasteiger charge is -2.12. The maximum absolute atomic E-state index is 4.86. The van der Waals surface area contributed by atoms with Gasteiger partial charge in [0.2, 0.25) is 0 Å². The number of nitrogens with one attached hydrogen (secondary N) is 2. The Kier molecular flexibility index (Phi) is 13.7. The Morgan fingerprint density at radius 3 is 1.40 bits per heavy atom. The van der Waals surface area contributed by atoms with E-state index in [-0.39, 0.29) is 12.4 Å². The Bertz CT molecular complexity index is 1740. The van der Waals surface area contributed by atoms with Gasteiger partial charge in [-0.3, -0.25) is 9.97 Å². The minimum Gasteiger partial charge on any atom is -0.339 e. The van der Waals surface area contributed by atoms with Gasteiger partial charge in [-0.25, -0.2) is 0 Å². The molecule has 6 rings (SSSR count). The highest BCUT2D eigenvalue weighted by Gasteiger charge is 2.16. The van der Waals surface area contributed by atoms with Gasteiger partial charge in [-0.1, -0.05) is 95.2 Å². The zero-order valence-electron chi connectivity index (χ0n) is 29.1. The van der Waals surface area contributed by atoms with Crippen LogP contribution >= 0.6 is 12.4 Å². The van der Waals surface area contributed by atoms with Crippen LogP contribution in [0.25, 0.3) is 43.6 Å². The Hall–Kier alpha value is -3.45. The molecule has 0 fully saturated rings. The van der Waals surface area contributed by atoms with E-state index in [2.05, 4.69) is 94.3 Å². The zero-order chi connectivity index (χ0) is 32.3. The van der Waals surface area contributed by atoms with Crippen molar-refractivity contribution in [3.8, 4) is 0 Å². The van der Waals surface area contributed by atoms with Crippen LogP contribution in [0.1, 0.15) is 95.9 Å². The molecule has 0 atom stereocenters. The van der Waals surface area contributed by atoms with Crippen molar-refractivity contribution < 1.29 is 0 Å². The lowest BCUT2D eigenvalue weighted by atomic mass is 10.1. The molecule has 256 valence electrons. The molecule has 0 saturated heterocycles. The van der Waals surface area contributed by atoms with Crippen molar-refractivity contribution in [1.29, 1.82) is 0 Å². The number of halogens is 1. The molecule has 0 spiro atoms. The number of nitrogens with zero attached hydrogens (tertiary/aromatic N) is 4. The van der Waals surface area contributed by atoms with Gasteiger partial charge in [0.1, 0.15) is 0 Å². The van der Waals surface area contributed by atoms with Crippen LogP contribution in [0.2, 0.25) is 0 Å². The van der Waals surface area contributed by atoms with E-state index in [9.17, 15) is 0 Å². The molecular formula is C41H55ClN6. The molecule has 2 aromatic carbocycles. The number of aromatic nitrogens is 4. The van der Waals surface area contributed by atoms with E-state index in [1.165, 1.54) is 113 Å². The van der Waals surface area contributed by atoms with Crippen LogP contribution in [0.15, 0.2) is 73.1 Å². The Morgan fingerprint density at radius 2 is 0.938 bits per heavy atom. The Morgan fingerprint density at radius 1 is 0.500 bits per heavy atom. The second-order valence-electron chi connectivity index (χ2n) is 13.2. The summed E-state index contributed by atoms with van der Waals surface area (Å²) >= 11 is 0. The van der Waals surface area contributed by atoms with Crippen molar-refractivity contribution in [2.45, 2.75) is 111 Å². The van der Waals surface area contributed by atoms with E-state index < -0.39 is 0 Å². The van der Waals surface area contributed by atoms with Gasteiger partial charge in [-0.2, -0.15) is 0 Å². The first-order valence-corrected chi connectivity index (χ1v) is 18.4. The lowest BCUT2D eigenvalue weighted by molar-refractivity contribution is 0.565. The number of hydrogen-bond acceptors (Lipinski definition) is 4. The van der Waals surface area contributed by atoms with Gasteiger partial charge in [-0.05, 0) is 63.0 Å². The molecule has 0 bridgehead atoms. The van der Waals surface area contributed by atoms with Crippen LogP contribution in [0, 0.1) is 0 Å². The molecular weight excluding hydrogens is 612 g/mol. The molecule has 0 radical (unpaired) electrons. The smallest absolute Gasteiger partial charge is 0.0784 e. The molecule has 2 N–H and O–H groups in total. The van der Waals surface area contributed by atoms with Gasteiger partial charge >= 0.3 is 0 Å². The highest BCUT2D eigenvalue weighted by Crippen LogP contribution is 2.32. The number of aryl methyl sites for hydroxylation is 2. The van der Waals surface area contributed by atoms with E-state index in [1.807, 2.05) is 12.4 Å². The molecule has 0 amide bonds. The first-order valence-electron chi connectivity index (χ1n) is 18.4. The number of benzene rings is 2. The Labute approximate surface area is 293 Å². The largest absolute Gasteiger partial charge is 0.339 e. The van der Waals surface area contributed by atoms with Gasteiger partial charge in [0.25, 0.3) is 0 Å². The summed E-state index contributed by atoms with van der Waals surface area (Å²) in [6, 6.07) is 22.1. The monoisotopic (exact) mass is 666 g/mol. The summed E-state index contributed by atoms with van der Waals surface area (Å²) in [5, 5.41) is 12.8. The van der Waals surface area contributed by atoms with Crippen molar-refractivity contribution >= 4 is 56.0 Å². The van der Waals surface area contributed by atoms with Crippen molar-refractivity contribution in [2.75, 3.05) is 13.1 Å². The quantitative estimate of drug-likeness (QED) is 0.0796. The van der Waals surface area contributed by atoms with Gasteiger partial charge < -0.3 is 19.8 Å². The number of pyridine rings is 2. The Balaban J connectivity index is 0.00000451. The van der Waals surface area contributed by atoms with Crippen molar-refractivity contribution in [3.05, 3.63) is 84.4 Å². The molecule has 4 heterocycles. The number of hydrogen-bond donors (Lipinski definition) is 2. The van der Waals surface area contributed by atoms with E-state index in [0.29, 0.717) is 0 Å². The van der Waals surface area contributed by atoms with Crippen LogP contribution in [0.5, 0.6) is 0 Å². The van der Waals surface area contributed by atoms with Gasteiger partial charge in [0.15, 0.2) is 0 Å². The van der Waals surface area contributed by atoms with Crippen molar-refractivity contribution in [2.24, 2.45) is 0 Å². The van der Waals surface area contributed by atoms with Crippen molar-refractivity contribution in [3.63, 3.8) is 0 Å². The molecule has 0 saturated carbocycles. The average molecular weight is 667 g/mol. The minimum absolute atomic E-state index is 0. The number of fused-ring (bicyclic) bond motifs is 6. The molecule has 7 heteroatoms. The lowest BCUT2D eigenvalue weighted by Crippen LogP contribution is -2.18. The van der Waals surface area contributed by atoms with Gasteiger partial charge in [-0.15, -0.1) is 12.4 Å². The molecule has 0 aliphatic rings. The molecule has 0 aliphatic heterocycles. The summed E-state index contributed by atoms with van der Waals surface area (Å²) in [5.41, 5.74) is 7.62. The third-order valence-corrected chi connectivity index (χ3v) is 9.77. The molecule has 4 aromatic heterocycles. The fourth-order valence-corrected chi connectivity index (χ4v) is 7.35. The standard InChI is InChI=1S/C41H54N6.ClH/c1-3-5-7-16-28-46-38-20-12-10-18-32(38)34-22-26-44-36(40(34)46)30-42-24-14-9-15-25-43-31-37-41-35(23-27-45-37)33-19-11-13-21-39(33)47(41)29-17-8-6-4-2;/h10-13,18-23,26-27,42-43H,3-9,14-17,24-25,28-31H2,1-2H3;1H. The zero-order valence-corrected chi connectivity index (χ0v) is 30.0. The first-order chi connectivity index (χ1) is 23.3. The van der Waals surface area contributed by atoms with Gasteiger partial charge in [0, 0.05) is 71.2 Å². The third kappa shape index (κ3) is 8.22. The van der Waals surface area contributed by atoms with Crippen LogP contribution < -0.4 is 10.6 Å². The first kappa shape index (κ1) is 35.8. The minimum atomic E-state index is 0. The SMILES string of the molecule is CCCCCCn1c2ccccc2c2ccnc(CNCCCCCNCc3nccc4c5ccccc5n(CCCCCC)c34)c21.Cl. The summed E-state index contributed by atoms with van der Waals surface area (Å²) in [6.07, 6.45) is 17.6. The normalized spacial score (nSPS) is 11.7. The molecule has 6 nitrogen and oxygen atoms in total. The maximum Gasteiger partial charge on any atom is 0.0784 e. The second-order valence-corrected chi connectivity index (χ2v) is 13.2. The fourth-order valence-electron chi connectivity index (χ4n) is 7.35. The topological polar surface area (TPSA) is 59.7 Å². The summed E-state index contributed by atoms with van der Waals surface area (Å²) < 4.78 is 5.05. The van der Waals surface area contributed by atoms with E-state index in [4.69, 9.17) is 9.97 Å². The predicted molar refractivity (Wildman–Crippen MR) is 207 cm³/mol. The number of unbranched alkanes of at least 4 members (excludes halogenated alkanes) is 8. The fraction of sp³-hybridized carbons (Fsp3) is 0.463. The summed E-state index contributed by atoms with van der Waals surface area (Å²) in [6.45, 7) is 10.3. The molecule has 6 aromatic rings. The predicted octanol–water partition coefficient (Wildman–Crippen LogP) is 10.3. The van der Waals surface area contributed by atoms with Crippen LogP contribution in [-0.2, 0) is 26.2 Å². The second kappa shape index (κ2) is 18.4. The number of rotatable bonds is 20. The molecule has 0 unspecified atom stereocenters. The highest BCUT2D eigenvalue weighted by molar-refractivity contribution is 6.09. The van der Waals surface area contributed by atoms with E-state index in [0.717, 1.165) is 52.1 Å². The van der Waals surface area contributed by atoms with Crippen molar-refractivity contribution in [1.82, 2.24) is 29.7 Å². The van der Waals surface area contributed by atoms with Crippen LogP contribution in [0.3, 0.4) is 0 Å². The third-order valence-electron chi connectivity index (χ3n) is 9.77. The maximum atomic E-state index is 4.86. The summed E-state index contributed by atoms with van der Waals surface area (Å²) in [5.74, 6) is 0. The summed E-state index contributed by atoms with van der Waals surface area (Å²) in [7, 11) is 0. The highest BCUT2D eigenvalue weighted by atomic mass is 35.5. The number of para-hydroxylation sites is 2. The molecule has 48 heavy (non-hydrogen) atoms. The van der Waals surface area contributed by atoms with Crippen LogP contribution in [0.4, 0.5) is 0 Å². The van der Waals surface area contributed by atoms with Gasteiger partial charge in [0.05, 0.1) is 22.4 Å².